The lowest BCUT2D eigenvalue weighted by Gasteiger charge is -2.10. The Kier molecular flexibility index (Phi) is 4.08. The van der Waals surface area contributed by atoms with Gasteiger partial charge < -0.3 is 4.57 Å². The van der Waals surface area contributed by atoms with Gasteiger partial charge in [-0.3, -0.25) is 4.98 Å². The van der Waals surface area contributed by atoms with Gasteiger partial charge in [-0.2, -0.15) is 0 Å². The second kappa shape index (κ2) is 6.04. The molecular weight excluding hydrogens is 280 g/mol. The number of hydrogen-bond donors (Lipinski definition) is 0. The van der Waals surface area contributed by atoms with E-state index in [1.165, 1.54) is 38.9 Å². The van der Waals surface area contributed by atoms with Gasteiger partial charge in [0, 0.05) is 29.4 Å². The SMILES string of the molecule is CC(C)=CCn1c(C)c(C)c2ccnc(-c3ccc(C)cc3)c21. The molecule has 3 rings (SSSR count). The number of hydrogen-bond acceptors (Lipinski definition) is 1. The number of nitrogens with zero attached hydrogens (tertiary/aromatic N) is 2. The highest BCUT2D eigenvalue weighted by atomic mass is 15.0. The van der Waals surface area contributed by atoms with Gasteiger partial charge in [0.1, 0.15) is 0 Å². The van der Waals surface area contributed by atoms with Crippen LogP contribution in [0.25, 0.3) is 22.2 Å². The van der Waals surface area contributed by atoms with Crippen LogP contribution in [-0.2, 0) is 6.54 Å². The molecule has 2 aromatic heterocycles. The maximum absolute atomic E-state index is 4.71. The zero-order chi connectivity index (χ0) is 16.6. The normalized spacial score (nSPS) is 11.0. The van der Waals surface area contributed by atoms with Crippen molar-refractivity contribution in [1.82, 2.24) is 9.55 Å². The van der Waals surface area contributed by atoms with Crippen molar-refractivity contribution >= 4 is 10.9 Å². The van der Waals surface area contributed by atoms with E-state index in [1.54, 1.807) is 0 Å². The first-order valence-electron chi connectivity index (χ1n) is 8.14. The summed E-state index contributed by atoms with van der Waals surface area (Å²) in [7, 11) is 0. The van der Waals surface area contributed by atoms with Gasteiger partial charge in [-0.05, 0) is 46.2 Å². The highest BCUT2D eigenvalue weighted by molar-refractivity contribution is 5.95. The van der Waals surface area contributed by atoms with Crippen LogP contribution in [0.15, 0.2) is 48.2 Å². The van der Waals surface area contributed by atoms with Gasteiger partial charge >= 0.3 is 0 Å². The van der Waals surface area contributed by atoms with E-state index >= 15 is 0 Å². The average molecular weight is 304 g/mol. The van der Waals surface area contributed by atoms with Gasteiger partial charge in [0.05, 0.1) is 11.2 Å². The highest BCUT2D eigenvalue weighted by Gasteiger charge is 2.15. The Hall–Kier alpha value is -2.35. The first-order valence-corrected chi connectivity index (χ1v) is 8.14. The molecule has 0 unspecified atom stereocenters. The van der Waals surface area contributed by atoms with E-state index < -0.39 is 0 Å². The van der Waals surface area contributed by atoms with Crippen molar-refractivity contribution in [3.8, 4) is 11.3 Å². The van der Waals surface area contributed by atoms with Crippen molar-refractivity contribution in [2.45, 2.75) is 41.2 Å². The van der Waals surface area contributed by atoms with Crippen LogP contribution >= 0.6 is 0 Å². The van der Waals surface area contributed by atoms with Crippen molar-refractivity contribution < 1.29 is 0 Å². The van der Waals surface area contributed by atoms with E-state index in [1.807, 2.05) is 6.20 Å². The van der Waals surface area contributed by atoms with E-state index in [0.29, 0.717) is 0 Å². The fourth-order valence-corrected chi connectivity index (χ4v) is 3.02. The fraction of sp³-hybridized carbons (Fsp3) is 0.286. The molecule has 2 nitrogen and oxygen atoms in total. The zero-order valence-electron chi connectivity index (χ0n) is 14.6. The summed E-state index contributed by atoms with van der Waals surface area (Å²) in [6, 6.07) is 10.8. The van der Waals surface area contributed by atoms with E-state index in [4.69, 9.17) is 4.98 Å². The maximum Gasteiger partial charge on any atom is 0.0945 e. The van der Waals surface area contributed by atoms with Crippen LogP contribution in [0.2, 0.25) is 0 Å². The number of fused-ring (bicyclic) bond motifs is 1. The minimum Gasteiger partial charge on any atom is -0.339 e. The molecule has 0 spiro atoms. The van der Waals surface area contributed by atoms with Gasteiger partial charge in [-0.1, -0.05) is 41.5 Å². The minimum atomic E-state index is 0.892. The van der Waals surface area contributed by atoms with Gasteiger partial charge in [0.15, 0.2) is 0 Å². The Bertz CT molecular complexity index is 876. The minimum absolute atomic E-state index is 0.892. The number of pyridine rings is 1. The van der Waals surface area contributed by atoms with Crippen LogP contribution in [0.5, 0.6) is 0 Å². The molecule has 2 heterocycles. The molecule has 118 valence electrons. The third-order valence-corrected chi connectivity index (χ3v) is 4.55. The van der Waals surface area contributed by atoms with E-state index in [9.17, 15) is 0 Å². The number of aromatic nitrogens is 2. The molecule has 0 saturated heterocycles. The molecule has 1 aromatic carbocycles. The zero-order valence-corrected chi connectivity index (χ0v) is 14.6. The van der Waals surface area contributed by atoms with Crippen LogP contribution < -0.4 is 0 Å². The molecule has 0 aliphatic carbocycles. The second-order valence-corrected chi connectivity index (χ2v) is 6.52. The van der Waals surface area contributed by atoms with Gasteiger partial charge in [0.25, 0.3) is 0 Å². The fourth-order valence-electron chi connectivity index (χ4n) is 3.02. The summed E-state index contributed by atoms with van der Waals surface area (Å²) in [6.45, 7) is 11.7. The second-order valence-electron chi connectivity index (χ2n) is 6.52. The standard InChI is InChI=1S/C21H24N2/c1-14(2)11-13-23-17(5)16(4)19-10-12-22-20(21(19)23)18-8-6-15(3)7-9-18/h6-12H,13H2,1-5H3. The van der Waals surface area contributed by atoms with Crippen LogP contribution in [0.1, 0.15) is 30.7 Å². The molecule has 0 aliphatic heterocycles. The van der Waals surface area contributed by atoms with Gasteiger partial charge in [-0.15, -0.1) is 0 Å². The molecule has 0 saturated carbocycles. The lowest BCUT2D eigenvalue weighted by molar-refractivity contribution is 0.816. The van der Waals surface area contributed by atoms with Crippen molar-refractivity contribution in [1.29, 1.82) is 0 Å². The van der Waals surface area contributed by atoms with Crippen LogP contribution in [0.3, 0.4) is 0 Å². The predicted octanol–water partition coefficient (Wildman–Crippen LogP) is 5.59. The van der Waals surface area contributed by atoms with Crippen molar-refractivity contribution in [3.05, 3.63) is 65.0 Å². The summed E-state index contributed by atoms with van der Waals surface area (Å²) in [5.74, 6) is 0. The van der Waals surface area contributed by atoms with Gasteiger partial charge in [0.2, 0.25) is 0 Å². The van der Waals surface area contributed by atoms with Crippen molar-refractivity contribution in [2.75, 3.05) is 0 Å². The molecule has 2 heteroatoms. The molecule has 0 aliphatic rings. The molecule has 0 fully saturated rings. The molecule has 3 aromatic rings. The molecule has 0 bridgehead atoms. The molecular formula is C21H24N2. The smallest absolute Gasteiger partial charge is 0.0945 e. The largest absolute Gasteiger partial charge is 0.339 e. The summed E-state index contributed by atoms with van der Waals surface area (Å²) in [6.07, 6.45) is 4.20. The van der Waals surface area contributed by atoms with Crippen LogP contribution in [0, 0.1) is 20.8 Å². The summed E-state index contributed by atoms with van der Waals surface area (Å²) < 4.78 is 2.39. The Balaban J connectivity index is 2.28. The molecule has 23 heavy (non-hydrogen) atoms. The third-order valence-electron chi connectivity index (χ3n) is 4.55. The molecule has 0 amide bonds. The Morgan fingerprint density at radius 2 is 1.74 bits per heavy atom. The first kappa shape index (κ1) is 15.5. The lowest BCUT2D eigenvalue weighted by Crippen LogP contribution is -2.00. The average Bonchev–Trinajstić information content (AvgIpc) is 2.78. The summed E-state index contributed by atoms with van der Waals surface area (Å²) in [5, 5.41) is 1.30. The maximum atomic E-state index is 4.71. The number of aryl methyl sites for hydroxylation is 2. The Labute approximate surface area is 138 Å². The predicted molar refractivity (Wildman–Crippen MR) is 98.8 cm³/mol. The van der Waals surface area contributed by atoms with Crippen LogP contribution in [0.4, 0.5) is 0 Å². The van der Waals surface area contributed by atoms with E-state index in [2.05, 4.69) is 75.6 Å². The summed E-state index contributed by atoms with van der Waals surface area (Å²) in [5.41, 5.74) is 8.76. The first-order chi connectivity index (χ1) is 11.0. The Morgan fingerprint density at radius 3 is 2.39 bits per heavy atom. The van der Waals surface area contributed by atoms with E-state index in [-0.39, 0.29) is 0 Å². The Morgan fingerprint density at radius 1 is 1.04 bits per heavy atom. The number of rotatable bonds is 3. The van der Waals surface area contributed by atoms with Crippen LogP contribution in [-0.4, -0.2) is 9.55 Å². The molecule has 0 radical (unpaired) electrons. The summed E-state index contributed by atoms with van der Waals surface area (Å²) >= 11 is 0. The van der Waals surface area contributed by atoms with Crippen molar-refractivity contribution in [3.63, 3.8) is 0 Å². The van der Waals surface area contributed by atoms with E-state index in [0.717, 1.165) is 12.2 Å². The summed E-state index contributed by atoms with van der Waals surface area (Å²) in [4.78, 5) is 4.71. The highest BCUT2D eigenvalue weighted by Crippen LogP contribution is 2.32. The number of benzene rings is 1. The monoisotopic (exact) mass is 304 g/mol. The third kappa shape index (κ3) is 2.81. The molecule has 0 N–H and O–H groups in total. The quantitative estimate of drug-likeness (QED) is 0.576. The van der Waals surface area contributed by atoms with Gasteiger partial charge in [-0.25, -0.2) is 0 Å². The topological polar surface area (TPSA) is 17.8 Å². The van der Waals surface area contributed by atoms with Crippen molar-refractivity contribution in [2.24, 2.45) is 0 Å². The molecule has 0 atom stereocenters. The lowest BCUT2D eigenvalue weighted by atomic mass is 10.1. The number of allylic oxidation sites excluding steroid dienone is 2.